The van der Waals surface area contributed by atoms with Gasteiger partial charge in [-0.1, -0.05) is 20.8 Å². The summed E-state index contributed by atoms with van der Waals surface area (Å²) in [5.41, 5.74) is 5.69. The molecule has 0 radical (unpaired) electrons. The van der Waals surface area contributed by atoms with Crippen LogP contribution in [0.15, 0.2) is 18.2 Å². The van der Waals surface area contributed by atoms with Gasteiger partial charge in [-0.3, -0.25) is 10.1 Å². The monoisotopic (exact) mass is 266 g/mol. The Morgan fingerprint density at radius 1 is 1.42 bits per heavy atom. The third-order valence-corrected chi connectivity index (χ3v) is 2.55. The Labute approximate surface area is 111 Å². The normalized spacial score (nSPS) is 11.1. The second kappa shape index (κ2) is 5.69. The quantitative estimate of drug-likeness (QED) is 0.391. The molecule has 0 aliphatic heterocycles. The summed E-state index contributed by atoms with van der Waals surface area (Å²) in [6.07, 6.45) is 0.702. The van der Waals surface area contributed by atoms with E-state index in [9.17, 15) is 14.9 Å². The van der Waals surface area contributed by atoms with E-state index >= 15 is 0 Å². The Kier molecular flexibility index (Phi) is 4.47. The molecule has 6 nitrogen and oxygen atoms in total. The second-order valence-electron chi connectivity index (χ2n) is 5.48. The van der Waals surface area contributed by atoms with Crippen molar-refractivity contribution >= 4 is 17.3 Å². The number of anilines is 1. The average molecular weight is 266 g/mol. The first kappa shape index (κ1) is 14.9. The minimum absolute atomic E-state index is 0.0307. The van der Waals surface area contributed by atoms with Crippen LogP contribution in [0.2, 0.25) is 0 Å². The zero-order valence-corrected chi connectivity index (χ0v) is 11.3. The zero-order valence-electron chi connectivity index (χ0n) is 11.3. The molecular weight excluding hydrogens is 248 g/mol. The van der Waals surface area contributed by atoms with Crippen molar-refractivity contribution in [2.24, 2.45) is 5.41 Å². The van der Waals surface area contributed by atoms with Gasteiger partial charge in [0, 0.05) is 17.8 Å². The third kappa shape index (κ3) is 4.57. The van der Waals surface area contributed by atoms with E-state index in [4.69, 9.17) is 10.5 Å². The molecule has 19 heavy (non-hydrogen) atoms. The number of rotatable bonds is 4. The highest BCUT2D eigenvalue weighted by Crippen LogP contribution is 2.22. The maximum Gasteiger partial charge on any atom is 0.340 e. The minimum Gasteiger partial charge on any atom is -0.462 e. The standard InChI is InChI=1S/C13H18N2O4/c1-13(2,3)6-7-19-12(16)10-8-9(15(17)18)4-5-11(10)14/h4-5,8H,6-7,14H2,1-3H3. The topological polar surface area (TPSA) is 95.5 Å². The first-order valence-electron chi connectivity index (χ1n) is 5.92. The maximum atomic E-state index is 11.8. The second-order valence-corrected chi connectivity index (χ2v) is 5.48. The summed E-state index contributed by atoms with van der Waals surface area (Å²) in [7, 11) is 0. The third-order valence-electron chi connectivity index (χ3n) is 2.55. The van der Waals surface area contributed by atoms with Gasteiger partial charge >= 0.3 is 5.97 Å². The van der Waals surface area contributed by atoms with Crippen molar-refractivity contribution in [1.29, 1.82) is 0 Å². The molecule has 0 heterocycles. The molecule has 0 aliphatic carbocycles. The molecule has 6 heteroatoms. The number of nitrogens with zero attached hydrogens (tertiary/aromatic N) is 1. The van der Waals surface area contributed by atoms with Crippen LogP contribution in [-0.4, -0.2) is 17.5 Å². The Morgan fingerprint density at radius 3 is 2.58 bits per heavy atom. The molecule has 104 valence electrons. The number of nitrogens with two attached hydrogens (primary N) is 1. The van der Waals surface area contributed by atoms with Crippen molar-refractivity contribution in [2.75, 3.05) is 12.3 Å². The molecule has 1 aromatic rings. The lowest BCUT2D eigenvalue weighted by Gasteiger charge is -2.17. The SMILES string of the molecule is CC(C)(C)CCOC(=O)c1cc([N+](=O)[O-])ccc1N. The molecule has 0 amide bonds. The summed E-state index contributed by atoms with van der Waals surface area (Å²) < 4.78 is 5.08. The zero-order chi connectivity index (χ0) is 14.6. The van der Waals surface area contributed by atoms with Crippen LogP contribution in [-0.2, 0) is 4.74 Å². The molecule has 0 unspecified atom stereocenters. The molecule has 0 saturated carbocycles. The number of hydrogen-bond donors (Lipinski definition) is 1. The molecule has 0 saturated heterocycles. The number of non-ortho nitro benzene ring substituents is 1. The minimum atomic E-state index is -0.634. The van der Waals surface area contributed by atoms with Crippen molar-refractivity contribution < 1.29 is 14.5 Å². The Morgan fingerprint density at radius 2 is 2.05 bits per heavy atom. The van der Waals surface area contributed by atoms with Gasteiger partial charge in [0.2, 0.25) is 0 Å². The number of nitro groups is 1. The number of nitro benzene ring substituents is 1. The molecule has 0 aromatic heterocycles. The number of hydrogen-bond acceptors (Lipinski definition) is 5. The van der Waals surface area contributed by atoms with Crippen molar-refractivity contribution in [3.63, 3.8) is 0 Å². The maximum absolute atomic E-state index is 11.8. The first-order valence-corrected chi connectivity index (χ1v) is 5.92. The average Bonchev–Trinajstić information content (AvgIpc) is 2.27. The van der Waals surface area contributed by atoms with Gasteiger partial charge in [-0.2, -0.15) is 0 Å². The Bertz CT molecular complexity index is 492. The molecule has 0 aliphatic rings. The van der Waals surface area contributed by atoms with Gasteiger partial charge in [-0.25, -0.2) is 4.79 Å². The molecule has 0 bridgehead atoms. The van der Waals surface area contributed by atoms with Crippen LogP contribution in [0.1, 0.15) is 37.6 Å². The Hall–Kier alpha value is -2.11. The number of ether oxygens (including phenoxy) is 1. The summed E-state index contributed by atoms with van der Waals surface area (Å²) in [6.45, 7) is 6.35. The smallest absolute Gasteiger partial charge is 0.340 e. The van der Waals surface area contributed by atoms with Crippen LogP contribution < -0.4 is 5.73 Å². The summed E-state index contributed by atoms with van der Waals surface area (Å²) in [4.78, 5) is 21.9. The number of nitrogen functional groups attached to an aromatic ring is 1. The summed E-state index contributed by atoms with van der Waals surface area (Å²) in [6, 6.07) is 3.72. The number of esters is 1. The van der Waals surface area contributed by atoms with E-state index in [0.29, 0.717) is 6.42 Å². The van der Waals surface area contributed by atoms with E-state index in [1.165, 1.54) is 12.1 Å². The molecule has 1 rings (SSSR count). The highest BCUT2D eigenvalue weighted by Gasteiger charge is 2.17. The van der Waals surface area contributed by atoms with E-state index in [-0.39, 0.29) is 29.0 Å². The van der Waals surface area contributed by atoms with Crippen LogP contribution in [0, 0.1) is 15.5 Å². The number of carbonyl (C=O) groups excluding carboxylic acids is 1. The molecule has 0 spiro atoms. The summed E-state index contributed by atoms with van der Waals surface area (Å²) in [5.74, 6) is -0.634. The van der Waals surface area contributed by atoms with Gasteiger partial charge in [0.25, 0.3) is 5.69 Å². The molecular formula is C13H18N2O4. The molecule has 2 N–H and O–H groups in total. The molecule has 1 aromatic carbocycles. The number of carbonyl (C=O) groups is 1. The van der Waals surface area contributed by atoms with Gasteiger partial charge in [-0.05, 0) is 17.9 Å². The fraction of sp³-hybridized carbons (Fsp3) is 0.462. The van der Waals surface area contributed by atoms with Crippen LogP contribution >= 0.6 is 0 Å². The predicted octanol–water partition coefficient (Wildman–Crippen LogP) is 2.77. The van der Waals surface area contributed by atoms with E-state index in [1.54, 1.807) is 0 Å². The summed E-state index contributed by atoms with van der Waals surface area (Å²) >= 11 is 0. The van der Waals surface area contributed by atoms with Crippen LogP contribution in [0.5, 0.6) is 0 Å². The Balaban J connectivity index is 2.76. The van der Waals surface area contributed by atoms with Gasteiger partial charge in [-0.15, -0.1) is 0 Å². The largest absolute Gasteiger partial charge is 0.462 e. The van der Waals surface area contributed by atoms with Gasteiger partial charge < -0.3 is 10.5 Å². The van der Waals surface area contributed by atoms with Gasteiger partial charge in [0.1, 0.15) is 0 Å². The highest BCUT2D eigenvalue weighted by molar-refractivity contribution is 5.95. The van der Waals surface area contributed by atoms with Crippen molar-refractivity contribution in [3.05, 3.63) is 33.9 Å². The summed E-state index contributed by atoms with van der Waals surface area (Å²) in [5, 5.41) is 10.6. The van der Waals surface area contributed by atoms with Gasteiger partial charge in [0.05, 0.1) is 17.1 Å². The van der Waals surface area contributed by atoms with E-state index < -0.39 is 10.9 Å². The van der Waals surface area contributed by atoms with Crippen LogP contribution in [0.25, 0.3) is 0 Å². The molecule has 0 fully saturated rings. The van der Waals surface area contributed by atoms with Crippen molar-refractivity contribution in [3.8, 4) is 0 Å². The lowest BCUT2D eigenvalue weighted by atomic mass is 9.93. The highest BCUT2D eigenvalue weighted by atomic mass is 16.6. The number of benzene rings is 1. The van der Waals surface area contributed by atoms with Gasteiger partial charge in [0.15, 0.2) is 0 Å². The van der Waals surface area contributed by atoms with Crippen LogP contribution in [0.3, 0.4) is 0 Å². The lowest BCUT2D eigenvalue weighted by molar-refractivity contribution is -0.384. The van der Waals surface area contributed by atoms with E-state index in [1.807, 2.05) is 20.8 Å². The fourth-order valence-corrected chi connectivity index (χ4v) is 1.36. The molecule has 0 atom stereocenters. The first-order chi connectivity index (χ1) is 8.70. The van der Waals surface area contributed by atoms with E-state index in [2.05, 4.69) is 0 Å². The lowest BCUT2D eigenvalue weighted by Crippen LogP contribution is -2.14. The van der Waals surface area contributed by atoms with Crippen molar-refractivity contribution in [1.82, 2.24) is 0 Å². The van der Waals surface area contributed by atoms with Crippen molar-refractivity contribution in [2.45, 2.75) is 27.2 Å². The predicted molar refractivity (Wildman–Crippen MR) is 71.9 cm³/mol. The van der Waals surface area contributed by atoms with E-state index in [0.717, 1.165) is 6.07 Å². The fourth-order valence-electron chi connectivity index (χ4n) is 1.36. The van der Waals surface area contributed by atoms with Crippen LogP contribution in [0.4, 0.5) is 11.4 Å².